The Balaban J connectivity index is 1.67. The summed E-state index contributed by atoms with van der Waals surface area (Å²) in [5.74, 6) is -0.539. The number of fused-ring (bicyclic) bond motifs is 1. The highest BCUT2D eigenvalue weighted by atomic mass is 19.4. The number of hydrogen-bond acceptors (Lipinski definition) is 4. The molecule has 4 rings (SSSR count). The molecule has 0 fully saturated rings. The lowest BCUT2D eigenvalue weighted by molar-refractivity contribution is -0.142. The summed E-state index contributed by atoms with van der Waals surface area (Å²) in [5.41, 5.74) is 2.28. The number of amides is 1. The lowest BCUT2D eigenvalue weighted by Gasteiger charge is -2.12. The molecule has 0 bridgehead atoms. The van der Waals surface area contributed by atoms with E-state index >= 15 is 0 Å². The lowest BCUT2D eigenvalue weighted by atomic mass is 10.1. The second-order valence-electron chi connectivity index (χ2n) is 7.60. The van der Waals surface area contributed by atoms with Crippen molar-refractivity contribution in [2.45, 2.75) is 26.4 Å². The number of rotatable bonds is 5. The second-order valence-corrected chi connectivity index (χ2v) is 7.60. The van der Waals surface area contributed by atoms with Crippen molar-refractivity contribution in [1.82, 2.24) is 29.7 Å². The standard InChI is InChI=1S/C22H21F3N6O/c1-13-4-6-15(7-5-13)18-10-19(22(23,24)25)31-20(28-18)17(11-27-31)21(32)26-9-8-16-12-30(3)29-14(16)2/h4-7,10-12H,8-9H2,1-3H3,(H,26,32). The van der Waals surface area contributed by atoms with Crippen LogP contribution in [0.25, 0.3) is 16.9 Å². The SMILES string of the molecule is Cc1ccc(-c2cc(C(F)(F)F)n3ncc(C(=O)NCCc4cn(C)nc4C)c3n2)cc1. The Kier molecular flexibility index (Phi) is 5.45. The maximum Gasteiger partial charge on any atom is 0.433 e. The molecule has 0 spiro atoms. The monoisotopic (exact) mass is 442 g/mol. The molecule has 0 aliphatic rings. The highest BCUT2D eigenvalue weighted by Crippen LogP contribution is 2.32. The van der Waals surface area contributed by atoms with Gasteiger partial charge in [0.05, 0.1) is 17.6 Å². The van der Waals surface area contributed by atoms with Crippen molar-refractivity contribution in [3.05, 3.63) is 70.8 Å². The van der Waals surface area contributed by atoms with E-state index in [2.05, 4.69) is 20.5 Å². The van der Waals surface area contributed by atoms with Gasteiger partial charge < -0.3 is 5.32 Å². The Bertz CT molecular complexity index is 1290. The Morgan fingerprint density at radius 3 is 2.50 bits per heavy atom. The number of aromatic nitrogens is 5. The van der Waals surface area contributed by atoms with E-state index in [-0.39, 0.29) is 16.9 Å². The van der Waals surface area contributed by atoms with Gasteiger partial charge in [0.1, 0.15) is 5.56 Å². The number of nitrogens with one attached hydrogen (secondary N) is 1. The van der Waals surface area contributed by atoms with E-state index in [0.717, 1.165) is 29.1 Å². The van der Waals surface area contributed by atoms with Gasteiger partial charge in [-0.2, -0.15) is 23.4 Å². The van der Waals surface area contributed by atoms with Gasteiger partial charge in [0.2, 0.25) is 0 Å². The van der Waals surface area contributed by atoms with Gasteiger partial charge in [-0.15, -0.1) is 0 Å². The number of aryl methyl sites for hydroxylation is 3. The average molecular weight is 442 g/mol. The second kappa shape index (κ2) is 8.10. The number of carbonyl (C=O) groups excluding carboxylic acids is 1. The zero-order chi connectivity index (χ0) is 23.0. The number of halogens is 3. The molecule has 1 N–H and O–H groups in total. The summed E-state index contributed by atoms with van der Waals surface area (Å²) in [7, 11) is 1.81. The van der Waals surface area contributed by atoms with Gasteiger partial charge in [-0.1, -0.05) is 29.8 Å². The molecule has 0 unspecified atom stereocenters. The average Bonchev–Trinajstić information content (AvgIpc) is 3.29. The van der Waals surface area contributed by atoms with Crippen LogP contribution < -0.4 is 5.32 Å². The summed E-state index contributed by atoms with van der Waals surface area (Å²) >= 11 is 0. The first-order valence-electron chi connectivity index (χ1n) is 9.94. The molecule has 0 aliphatic carbocycles. The van der Waals surface area contributed by atoms with Crippen LogP contribution in [-0.4, -0.2) is 36.8 Å². The minimum Gasteiger partial charge on any atom is -0.352 e. The first-order chi connectivity index (χ1) is 15.1. The lowest BCUT2D eigenvalue weighted by Crippen LogP contribution is -2.26. The van der Waals surface area contributed by atoms with Crippen LogP contribution in [0, 0.1) is 13.8 Å². The molecule has 0 saturated carbocycles. The molecule has 166 valence electrons. The first-order valence-corrected chi connectivity index (χ1v) is 9.94. The van der Waals surface area contributed by atoms with Crippen LogP contribution in [0.15, 0.2) is 42.7 Å². The molecule has 32 heavy (non-hydrogen) atoms. The molecule has 3 heterocycles. The highest BCUT2D eigenvalue weighted by Gasteiger charge is 2.36. The molecule has 10 heteroatoms. The van der Waals surface area contributed by atoms with Gasteiger partial charge in [0.15, 0.2) is 11.3 Å². The molecule has 4 aromatic rings. The van der Waals surface area contributed by atoms with Crippen LogP contribution in [0.2, 0.25) is 0 Å². The van der Waals surface area contributed by atoms with E-state index in [0.29, 0.717) is 23.0 Å². The van der Waals surface area contributed by atoms with E-state index < -0.39 is 17.8 Å². The van der Waals surface area contributed by atoms with E-state index in [1.54, 1.807) is 28.9 Å². The summed E-state index contributed by atoms with van der Waals surface area (Å²) in [4.78, 5) is 17.1. The molecule has 1 aromatic carbocycles. The molecule has 1 amide bonds. The van der Waals surface area contributed by atoms with Crippen LogP contribution in [0.5, 0.6) is 0 Å². The summed E-state index contributed by atoms with van der Waals surface area (Å²) in [6, 6.07) is 7.91. The third-order valence-corrected chi connectivity index (χ3v) is 5.15. The van der Waals surface area contributed by atoms with Gasteiger partial charge >= 0.3 is 6.18 Å². The Morgan fingerprint density at radius 1 is 1.16 bits per heavy atom. The molecular formula is C22H21F3N6O. The summed E-state index contributed by atoms with van der Waals surface area (Å²) in [6.07, 6.45) is -1.15. The minimum atomic E-state index is -4.67. The van der Waals surface area contributed by atoms with Gasteiger partial charge in [-0.05, 0) is 31.9 Å². The summed E-state index contributed by atoms with van der Waals surface area (Å²) < 4.78 is 43.5. The highest BCUT2D eigenvalue weighted by molar-refractivity contribution is 5.99. The minimum absolute atomic E-state index is 0.0210. The van der Waals surface area contributed by atoms with Crippen molar-refractivity contribution in [2.24, 2.45) is 7.05 Å². The van der Waals surface area contributed by atoms with Gasteiger partial charge in [0, 0.05) is 25.4 Å². The maximum absolute atomic E-state index is 13.7. The Labute approximate surface area is 181 Å². The fraction of sp³-hybridized carbons (Fsp3) is 0.273. The van der Waals surface area contributed by atoms with Crippen LogP contribution >= 0.6 is 0 Å². The molecule has 7 nitrogen and oxygen atoms in total. The zero-order valence-corrected chi connectivity index (χ0v) is 17.7. The predicted molar refractivity (Wildman–Crippen MR) is 112 cm³/mol. The Hall–Kier alpha value is -3.69. The van der Waals surface area contributed by atoms with Crippen molar-refractivity contribution in [2.75, 3.05) is 6.54 Å². The maximum atomic E-state index is 13.7. The summed E-state index contributed by atoms with van der Waals surface area (Å²) in [6.45, 7) is 4.05. The van der Waals surface area contributed by atoms with E-state index in [1.807, 2.05) is 27.1 Å². The first kappa shape index (κ1) is 21.5. The number of nitrogens with zero attached hydrogens (tertiary/aromatic N) is 5. The van der Waals surface area contributed by atoms with Crippen LogP contribution in [0.4, 0.5) is 13.2 Å². The zero-order valence-electron chi connectivity index (χ0n) is 17.7. The van der Waals surface area contributed by atoms with E-state index in [9.17, 15) is 18.0 Å². The molecule has 0 radical (unpaired) electrons. The van der Waals surface area contributed by atoms with E-state index in [1.165, 1.54) is 0 Å². The van der Waals surface area contributed by atoms with Crippen molar-refractivity contribution in [3.63, 3.8) is 0 Å². The molecular weight excluding hydrogens is 421 g/mol. The van der Waals surface area contributed by atoms with Crippen molar-refractivity contribution in [1.29, 1.82) is 0 Å². The van der Waals surface area contributed by atoms with Gasteiger partial charge in [-0.25, -0.2) is 9.50 Å². The summed E-state index contributed by atoms with van der Waals surface area (Å²) in [5, 5.41) is 10.8. The fourth-order valence-corrected chi connectivity index (χ4v) is 3.50. The predicted octanol–water partition coefficient (Wildman–Crippen LogP) is 3.74. The molecule has 0 saturated heterocycles. The van der Waals surface area contributed by atoms with Crippen molar-refractivity contribution >= 4 is 11.6 Å². The van der Waals surface area contributed by atoms with Crippen LogP contribution in [0.1, 0.15) is 32.9 Å². The molecule has 0 aliphatic heterocycles. The van der Waals surface area contributed by atoms with Crippen molar-refractivity contribution < 1.29 is 18.0 Å². The number of carbonyl (C=O) groups is 1. The normalized spacial score (nSPS) is 11.8. The van der Waals surface area contributed by atoms with Gasteiger partial charge in [-0.3, -0.25) is 9.48 Å². The molecule has 3 aromatic heterocycles. The Morgan fingerprint density at radius 2 is 1.88 bits per heavy atom. The number of benzene rings is 1. The number of alkyl halides is 3. The van der Waals surface area contributed by atoms with E-state index in [4.69, 9.17) is 0 Å². The van der Waals surface area contributed by atoms with Crippen molar-refractivity contribution in [3.8, 4) is 11.3 Å². The third-order valence-electron chi connectivity index (χ3n) is 5.15. The largest absolute Gasteiger partial charge is 0.433 e. The number of hydrogen-bond donors (Lipinski definition) is 1. The quantitative estimate of drug-likeness (QED) is 0.511. The third kappa shape index (κ3) is 4.20. The topological polar surface area (TPSA) is 77.1 Å². The smallest absolute Gasteiger partial charge is 0.352 e. The van der Waals surface area contributed by atoms with Crippen LogP contribution in [-0.2, 0) is 19.6 Å². The van der Waals surface area contributed by atoms with Gasteiger partial charge in [0.25, 0.3) is 5.91 Å². The molecule has 0 atom stereocenters. The van der Waals surface area contributed by atoms with Crippen LogP contribution in [0.3, 0.4) is 0 Å². The fourth-order valence-electron chi connectivity index (χ4n) is 3.50.